The number of carbonyl (C=O) groups is 1. The summed E-state index contributed by atoms with van der Waals surface area (Å²) < 4.78 is 0. The number of piperazine rings is 1. The molecule has 27 heavy (non-hydrogen) atoms. The van der Waals surface area contributed by atoms with Crippen LogP contribution in [0.2, 0.25) is 0 Å². The van der Waals surface area contributed by atoms with Crippen molar-refractivity contribution < 1.29 is 4.79 Å². The molecule has 0 radical (unpaired) electrons. The molecule has 1 aromatic heterocycles. The van der Waals surface area contributed by atoms with Gasteiger partial charge in [0, 0.05) is 56.6 Å². The third-order valence-corrected chi connectivity index (χ3v) is 5.30. The van der Waals surface area contributed by atoms with Crippen LogP contribution in [0.1, 0.15) is 22.5 Å². The number of aromatic nitrogens is 2. The summed E-state index contributed by atoms with van der Waals surface area (Å²) >= 11 is 0. The number of benzene rings is 1. The Morgan fingerprint density at radius 3 is 2.78 bits per heavy atom. The molecule has 1 aromatic carbocycles. The predicted molar refractivity (Wildman–Crippen MR) is 105 cm³/mol. The van der Waals surface area contributed by atoms with E-state index in [0.717, 1.165) is 57.1 Å². The van der Waals surface area contributed by atoms with Crippen LogP contribution in [0.4, 0.5) is 11.5 Å². The number of likely N-dealkylation sites (tertiary alicyclic amines) is 1. The number of nitrogens with one attached hydrogen (secondary N) is 2. The van der Waals surface area contributed by atoms with Gasteiger partial charge in [-0.15, -0.1) is 5.10 Å². The first-order valence-corrected chi connectivity index (χ1v) is 9.60. The molecular weight excluding hydrogens is 340 g/mol. The molecular formula is C20H26N6O. The van der Waals surface area contributed by atoms with Crippen LogP contribution in [-0.4, -0.2) is 71.2 Å². The van der Waals surface area contributed by atoms with Gasteiger partial charge in [-0.2, -0.15) is 5.10 Å². The van der Waals surface area contributed by atoms with Gasteiger partial charge in [0.15, 0.2) is 5.82 Å². The zero-order chi connectivity index (χ0) is 18.6. The van der Waals surface area contributed by atoms with Crippen LogP contribution < -0.4 is 10.6 Å². The maximum Gasteiger partial charge on any atom is 0.253 e. The average molecular weight is 366 g/mol. The highest BCUT2D eigenvalue weighted by molar-refractivity contribution is 5.95. The fraction of sp³-hybridized carbons (Fsp3) is 0.450. The Bertz CT molecular complexity index is 787. The highest BCUT2D eigenvalue weighted by atomic mass is 16.2. The number of nitrogens with zero attached hydrogens (tertiary/aromatic N) is 4. The molecule has 2 saturated heterocycles. The van der Waals surface area contributed by atoms with E-state index in [2.05, 4.69) is 25.7 Å². The maximum atomic E-state index is 13.0. The van der Waals surface area contributed by atoms with Gasteiger partial charge in [0.05, 0.1) is 5.69 Å². The largest absolute Gasteiger partial charge is 0.339 e. The van der Waals surface area contributed by atoms with Crippen molar-refractivity contribution in [2.45, 2.75) is 19.4 Å². The minimum Gasteiger partial charge on any atom is -0.339 e. The normalized spacial score (nSPS) is 20.6. The Labute approximate surface area is 159 Å². The molecule has 2 N–H and O–H groups in total. The lowest BCUT2D eigenvalue weighted by atomic mass is 10.1. The maximum absolute atomic E-state index is 13.0. The highest BCUT2D eigenvalue weighted by Crippen LogP contribution is 2.21. The monoisotopic (exact) mass is 366 g/mol. The Balaban J connectivity index is 1.41. The molecule has 1 unspecified atom stereocenters. The van der Waals surface area contributed by atoms with Crippen LogP contribution in [0.15, 0.2) is 36.4 Å². The number of aryl methyl sites for hydroxylation is 1. The molecule has 2 fully saturated rings. The number of anilines is 2. The summed E-state index contributed by atoms with van der Waals surface area (Å²) in [5, 5.41) is 14.8. The number of amides is 1. The first-order chi connectivity index (χ1) is 13.2. The van der Waals surface area contributed by atoms with Crippen molar-refractivity contribution in [3.63, 3.8) is 0 Å². The van der Waals surface area contributed by atoms with Crippen molar-refractivity contribution in [2.24, 2.45) is 0 Å². The second-order valence-electron chi connectivity index (χ2n) is 7.25. The van der Waals surface area contributed by atoms with Crippen molar-refractivity contribution in [3.8, 4) is 0 Å². The van der Waals surface area contributed by atoms with Crippen LogP contribution in [0.3, 0.4) is 0 Å². The summed E-state index contributed by atoms with van der Waals surface area (Å²) in [6.45, 7) is 7.78. The fourth-order valence-corrected chi connectivity index (χ4v) is 3.80. The second kappa shape index (κ2) is 8.02. The third kappa shape index (κ3) is 4.26. The highest BCUT2D eigenvalue weighted by Gasteiger charge is 2.31. The van der Waals surface area contributed by atoms with Crippen LogP contribution in [0, 0.1) is 6.92 Å². The molecule has 1 atom stereocenters. The van der Waals surface area contributed by atoms with Crippen molar-refractivity contribution in [1.82, 2.24) is 25.3 Å². The topological polar surface area (TPSA) is 73.4 Å². The Kier molecular flexibility index (Phi) is 5.31. The van der Waals surface area contributed by atoms with Crippen LogP contribution >= 0.6 is 0 Å². The lowest BCUT2D eigenvalue weighted by Gasteiger charge is -2.32. The minimum atomic E-state index is 0.103. The number of hydrogen-bond acceptors (Lipinski definition) is 6. The minimum absolute atomic E-state index is 0.103. The molecule has 142 valence electrons. The van der Waals surface area contributed by atoms with Gasteiger partial charge < -0.3 is 15.5 Å². The molecule has 1 amide bonds. The molecule has 4 rings (SSSR count). The van der Waals surface area contributed by atoms with Crippen LogP contribution in [-0.2, 0) is 0 Å². The van der Waals surface area contributed by atoms with Gasteiger partial charge >= 0.3 is 0 Å². The summed E-state index contributed by atoms with van der Waals surface area (Å²) in [5.74, 6) is 0.774. The molecule has 3 heterocycles. The summed E-state index contributed by atoms with van der Waals surface area (Å²) in [4.78, 5) is 17.5. The molecule has 2 aliphatic heterocycles. The van der Waals surface area contributed by atoms with Gasteiger partial charge in [0.1, 0.15) is 0 Å². The molecule has 0 spiro atoms. The summed E-state index contributed by atoms with van der Waals surface area (Å²) in [6, 6.07) is 11.9. The van der Waals surface area contributed by atoms with Crippen molar-refractivity contribution in [3.05, 3.63) is 47.7 Å². The quantitative estimate of drug-likeness (QED) is 0.857. The lowest BCUT2D eigenvalue weighted by molar-refractivity contribution is 0.0773. The molecule has 7 nitrogen and oxygen atoms in total. The SMILES string of the molecule is Cc1ccc(Nc2cccc(C(=O)N3CCC(N4CCNCC4)C3)c2)nn1. The van der Waals surface area contributed by atoms with E-state index in [0.29, 0.717) is 17.4 Å². The summed E-state index contributed by atoms with van der Waals surface area (Å²) in [7, 11) is 0. The van der Waals surface area contributed by atoms with E-state index >= 15 is 0 Å². The van der Waals surface area contributed by atoms with Gasteiger partial charge in [-0.3, -0.25) is 9.69 Å². The molecule has 7 heteroatoms. The Hall–Kier alpha value is -2.51. The second-order valence-corrected chi connectivity index (χ2v) is 7.25. The third-order valence-electron chi connectivity index (χ3n) is 5.30. The molecule has 2 aromatic rings. The van der Waals surface area contributed by atoms with Gasteiger partial charge in [0.2, 0.25) is 0 Å². The van der Waals surface area contributed by atoms with E-state index in [1.54, 1.807) is 0 Å². The first kappa shape index (κ1) is 17.9. The molecule has 0 aliphatic carbocycles. The van der Waals surface area contributed by atoms with Gasteiger partial charge in [-0.05, 0) is 43.7 Å². The van der Waals surface area contributed by atoms with E-state index in [-0.39, 0.29) is 5.91 Å². The van der Waals surface area contributed by atoms with Gasteiger partial charge in [0.25, 0.3) is 5.91 Å². The van der Waals surface area contributed by atoms with Crippen molar-refractivity contribution in [1.29, 1.82) is 0 Å². The van der Waals surface area contributed by atoms with Gasteiger partial charge in [-0.25, -0.2) is 0 Å². The van der Waals surface area contributed by atoms with Gasteiger partial charge in [-0.1, -0.05) is 6.07 Å². The Morgan fingerprint density at radius 2 is 2.00 bits per heavy atom. The van der Waals surface area contributed by atoms with Crippen LogP contribution in [0.25, 0.3) is 0 Å². The van der Waals surface area contributed by atoms with Crippen molar-refractivity contribution in [2.75, 3.05) is 44.6 Å². The van der Waals surface area contributed by atoms with E-state index in [9.17, 15) is 4.79 Å². The first-order valence-electron chi connectivity index (χ1n) is 9.60. The average Bonchev–Trinajstić information content (AvgIpc) is 3.20. The number of carbonyl (C=O) groups excluding carboxylic acids is 1. The Morgan fingerprint density at radius 1 is 1.15 bits per heavy atom. The van der Waals surface area contributed by atoms with E-state index < -0.39 is 0 Å². The molecule has 2 aliphatic rings. The zero-order valence-electron chi connectivity index (χ0n) is 15.7. The summed E-state index contributed by atoms with van der Waals surface area (Å²) in [6.07, 6.45) is 1.06. The van der Waals surface area contributed by atoms with Crippen LogP contribution in [0.5, 0.6) is 0 Å². The standard InChI is InChI=1S/C20H26N6O/c1-15-5-6-19(24-23-15)22-17-4-2-3-16(13-17)20(27)26-10-7-18(14-26)25-11-8-21-9-12-25/h2-6,13,18,21H,7-12,14H2,1H3,(H,22,24). The smallest absolute Gasteiger partial charge is 0.253 e. The molecule has 0 bridgehead atoms. The lowest BCUT2D eigenvalue weighted by Crippen LogP contribution is -2.49. The van der Waals surface area contributed by atoms with E-state index in [4.69, 9.17) is 0 Å². The van der Waals surface area contributed by atoms with E-state index in [1.807, 2.05) is 48.2 Å². The fourth-order valence-electron chi connectivity index (χ4n) is 3.80. The van der Waals surface area contributed by atoms with E-state index in [1.165, 1.54) is 0 Å². The predicted octanol–water partition coefficient (Wildman–Crippen LogP) is 1.65. The number of rotatable bonds is 4. The summed E-state index contributed by atoms with van der Waals surface area (Å²) in [5.41, 5.74) is 2.43. The van der Waals surface area contributed by atoms with Crippen molar-refractivity contribution >= 4 is 17.4 Å². The zero-order valence-corrected chi connectivity index (χ0v) is 15.7. The number of hydrogen-bond donors (Lipinski definition) is 2. The molecule has 0 saturated carbocycles.